The Morgan fingerprint density at radius 3 is 2.65 bits per heavy atom. The van der Waals surface area contributed by atoms with Gasteiger partial charge in [-0.3, -0.25) is 0 Å². The summed E-state index contributed by atoms with van der Waals surface area (Å²) in [7, 11) is 2.09. The van der Waals surface area contributed by atoms with Crippen LogP contribution in [0.15, 0.2) is 43.0 Å². The van der Waals surface area contributed by atoms with Crippen LogP contribution in [0.25, 0.3) is 0 Å². The molecule has 92 valence electrons. The summed E-state index contributed by atoms with van der Waals surface area (Å²) in [4.78, 5) is 13.0. The summed E-state index contributed by atoms with van der Waals surface area (Å²) < 4.78 is 0. The Balaban J connectivity index is 2.32. The van der Waals surface area contributed by atoms with E-state index in [1.807, 2.05) is 12.1 Å². The lowest BCUT2D eigenvalue weighted by molar-refractivity contribution is -0.111. The van der Waals surface area contributed by atoms with Crippen molar-refractivity contribution in [3.8, 4) is 0 Å². The maximum atomic E-state index is 10.8. The van der Waals surface area contributed by atoms with Gasteiger partial charge < -0.3 is 9.69 Å². The van der Waals surface area contributed by atoms with Crippen molar-refractivity contribution in [2.24, 2.45) is 5.92 Å². The van der Waals surface area contributed by atoms with Crippen molar-refractivity contribution < 1.29 is 4.79 Å². The van der Waals surface area contributed by atoms with Crippen molar-refractivity contribution >= 4 is 6.29 Å². The second-order valence-electron chi connectivity index (χ2n) is 4.43. The quantitative estimate of drug-likeness (QED) is 0.506. The molecule has 2 nitrogen and oxygen atoms in total. The molecule has 0 saturated carbocycles. The number of benzene rings is 1. The normalized spacial score (nSPS) is 12.4. The molecule has 1 rings (SSSR count). The Labute approximate surface area is 104 Å². The molecule has 0 aromatic heterocycles. The summed E-state index contributed by atoms with van der Waals surface area (Å²) in [5.74, 6) is 0.116. The third-order valence-electron chi connectivity index (χ3n) is 2.84. The van der Waals surface area contributed by atoms with Crippen LogP contribution < -0.4 is 0 Å². The third kappa shape index (κ3) is 5.45. The van der Waals surface area contributed by atoms with Gasteiger partial charge in [0.05, 0.1) is 0 Å². The van der Waals surface area contributed by atoms with Crippen molar-refractivity contribution in [3.63, 3.8) is 0 Å². The smallest absolute Gasteiger partial charge is 0.123 e. The van der Waals surface area contributed by atoms with E-state index in [9.17, 15) is 4.79 Å². The monoisotopic (exact) mass is 231 g/mol. The lowest BCUT2D eigenvalue weighted by Crippen LogP contribution is -2.21. The summed E-state index contributed by atoms with van der Waals surface area (Å²) >= 11 is 0. The van der Waals surface area contributed by atoms with Crippen LogP contribution in [0.4, 0.5) is 0 Å². The highest BCUT2D eigenvalue weighted by atomic mass is 16.1. The molecule has 0 saturated heterocycles. The van der Waals surface area contributed by atoms with Gasteiger partial charge >= 0.3 is 0 Å². The Kier molecular flexibility index (Phi) is 6.26. The van der Waals surface area contributed by atoms with E-state index in [0.717, 1.165) is 32.2 Å². The van der Waals surface area contributed by atoms with E-state index < -0.39 is 0 Å². The van der Waals surface area contributed by atoms with Gasteiger partial charge in [0.15, 0.2) is 0 Å². The largest absolute Gasteiger partial charge is 0.303 e. The van der Waals surface area contributed by atoms with Crippen LogP contribution in [0.2, 0.25) is 0 Å². The molecular weight excluding hydrogens is 210 g/mol. The molecule has 0 aliphatic heterocycles. The molecule has 1 aromatic carbocycles. The average Bonchev–Trinajstić information content (AvgIpc) is 2.35. The zero-order chi connectivity index (χ0) is 12.5. The molecule has 0 unspecified atom stereocenters. The lowest BCUT2D eigenvalue weighted by Gasteiger charge is -2.18. The summed E-state index contributed by atoms with van der Waals surface area (Å²) in [5, 5.41) is 0. The first kappa shape index (κ1) is 13.7. The fraction of sp³-hybridized carbons (Fsp3) is 0.400. The predicted octanol–water partition coefficient (Wildman–Crippen LogP) is 2.90. The van der Waals surface area contributed by atoms with E-state index in [4.69, 9.17) is 0 Å². The Morgan fingerprint density at radius 1 is 1.35 bits per heavy atom. The molecule has 17 heavy (non-hydrogen) atoms. The summed E-state index contributed by atoms with van der Waals surface area (Å²) in [6, 6.07) is 10.4. The molecular formula is C15H21NO. The van der Waals surface area contributed by atoms with Crippen molar-refractivity contribution in [1.29, 1.82) is 0 Å². The number of rotatable bonds is 8. The van der Waals surface area contributed by atoms with E-state index in [-0.39, 0.29) is 5.92 Å². The van der Waals surface area contributed by atoms with Gasteiger partial charge in [0.2, 0.25) is 0 Å². The van der Waals surface area contributed by atoms with Crippen LogP contribution >= 0.6 is 0 Å². The SMILES string of the molecule is C=CC[C@H](C=O)CCN(C)Cc1ccccc1. The van der Waals surface area contributed by atoms with Gasteiger partial charge in [0, 0.05) is 12.5 Å². The van der Waals surface area contributed by atoms with Gasteiger partial charge in [0.25, 0.3) is 0 Å². The molecule has 0 heterocycles. The summed E-state index contributed by atoms with van der Waals surface area (Å²) in [6.07, 6.45) is 4.54. The fourth-order valence-electron chi connectivity index (χ4n) is 1.82. The number of carbonyl (C=O) groups is 1. The van der Waals surface area contributed by atoms with Gasteiger partial charge in [-0.15, -0.1) is 6.58 Å². The molecule has 1 atom stereocenters. The second kappa shape index (κ2) is 7.80. The van der Waals surface area contributed by atoms with Gasteiger partial charge in [-0.2, -0.15) is 0 Å². The first-order valence-corrected chi connectivity index (χ1v) is 6.05. The van der Waals surface area contributed by atoms with Crippen LogP contribution in [-0.2, 0) is 11.3 Å². The standard InChI is InChI=1S/C15H21NO/c1-3-7-15(13-17)10-11-16(2)12-14-8-5-4-6-9-14/h3-6,8-9,13,15H,1,7,10-12H2,2H3/t15-/m0/s1. The predicted molar refractivity (Wildman–Crippen MR) is 71.8 cm³/mol. The Bertz CT molecular complexity index is 334. The molecule has 0 amide bonds. The number of carbonyl (C=O) groups excluding carboxylic acids is 1. The van der Waals surface area contributed by atoms with E-state index >= 15 is 0 Å². The fourth-order valence-corrected chi connectivity index (χ4v) is 1.82. The highest BCUT2D eigenvalue weighted by Gasteiger charge is 2.07. The molecule has 2 heteroatoms. The highest BCUT2D eigenvalue weighted by molar-refractivity contribution is 5.53. The van der Waals surface area contributed by atoms with Crippen LogP contribution in [0, 0.1) is 5.92 Å². The van der Waals surface area contributed by atoms with E-state index in [0.29, 0.717) is 0 Å². The number of allylic oxidation sites excluding steroid dienone is 1. The van der Waals surface area contributed by atoms with Gasteiger partial charge in [-0.25, -0.2) is 0 Å². The molecule has 0 aliphatic rings. The van der Waals surface area contributed by atoms with Crippen LogP contribution in [0.3, 0.4) is 0 Å². The maximum Gasteiger partial charge on any atom is 0.123 e. The Morgan fingerprint density at radius 2 is 2.06 bits per heavy atom. The summed E-state index contributed by atoms with van der Waals surface area (Å²) in [5.41, 5.74) is 1.31. The summed E-state index contributed by atoms with van der Waals surface area (Å²) in [6.45, 7) is 5.54. The van der Waals surface area contributed by atoms with Crippen LogP contribution in [0.5, 0.6) is 0 Å². The van der Waals surface area contributed by atoms with E-state index in [1.165, 1.54) is 5.56 Å². The lowest BCUT2D eigenvalue weighted by atomic mass is 10.0. The van der Waals surface area contributed by atoms with Crippen LogP contribution in [0.1, 0.15) is 18.4 Å². The van der Waals surface area contributed by atoms with Crippen molar-refractivity contribution in [2.45, 2.75) is 19.4 Å². The topological polar surface area (TPSA) is 20.3 Å². The van der Waals surface area contributed by atoms with Crippen LogP contribution in [-0.4, -0.2) is 24.8 Å². The molecule has 0 spiro atoms. The van der Waals surface area contributed by atoms with Crippen molar-refractivity contribution in [3.05, 3.63) is 48.6 Å². The van der Waals surface area contributed by atoms with E-state index in [1.54, 1.807) is 0 Å². The van der Waals surface area contributed by atoms with Gasteiger partial charge in [0.1, 0.15) is 6.29 Å². The number of nitrogens with zero attached hydrogens (tertiary/aromatic N) is 1. The zero-order valence-electron chi connectivity index (χ0n) is 10.5. The molecule has 1 aromatic rings. The molecule has 0 radical (unpaired) electrons. The van der Waals surface area contributed by atoms with Crippen molar-refractivity contribution in [1.82, 2.24) is 4.90 Å². The van der Waals surface area contributed by atoms with Gasteiger partial charge in [-0.1, -0.05) is 36.4 Å². The second-order valence-corrected chi connectivity index (χ2v) is 4.43. The highest BCUT2D eigenvalue weighted by Crippen LogP contribution is 2.09. The maximum absolute atomic E-state index is 10.8. The molecule has 0 aliphatic carbocycles. The zero-order valence-corrected chi connectivity index (χ0v) is 10.5. The van der Waals surface area contributed by atoms with E-state index in [2.05, 4.69) is 42.8 Å². The molecule has 0 bridgehead atoms. The van der Waals surface area contributed by atoms with Crippen molar-refractivity contribution in [2.75, 3.05) is 13.6 Å². The first-order valence-electron chi connectivity index (χ1n) is 6.05. The third-order valence-corrected chi connectivity index (χ3v) is 2.84. The Hall–Kier alpha value is -1.41. The number of hydrogen-bond acceptors (Lipinski definition) is 2. The number of aldehydes is 1. The first-order chi connectivity index (χ1) is 8.26. The number of hydrogen-bond donors (Lipinski definition) is 0. The molecule has 0 fully saturated rings. The minimum absolute atomic E-state index is 0.116. The minimum atomic E-state index is 0.116. The van der Waals surface area contributed by atoms with Gasteiger partial charge in [-0.05, 0) is 32.0 Å². The minimum Gasteiger partial charge on any atom is -0.303 e. The molecule has 0 N–H and O–H groups in total. The average molecular weight is 231 g/mol.